The number of hydrazone groups is 1. The molecular formula is C17H16N2O4. The Morgan fingerprint density at radius 2 is 2.00 bits per heavy atom. The summed E-state index contributed by atoms with van der Waals surface area (Å²) >= 11 is 0. The van der Waals surface area contributed by atoms with Crippen molar-refractivity contribution >= 4 is 12.1 Å². The highest BCUT2D eigenvalue weighted by atomic mass is 16.7. The first kappa shape index (κ1) is 14.9. The lowest BCUT2D eigenvalue weighted by Gasteiger charge is -2.04. The molecule has 2 aromatic carbocycles. The van der Waals surface area contributed by atoms with Crippen molar-refractivity contribution in [2.24, 2.45) is 5.10 Å². The lowest BCUT2D eigenvalue weighted by molar-refractivity contribution is 0.0955. The number of fused-ring (bicyclic) bond motifs is 1. The van der Waals surface area contributed by atoms with Gasteiger partial charge in [0, 0.05) is 5.56 Å². The summed E-state index contributed by atoms with van der Waals surface area (Å²) in [4.78, 5) is 12.0. The third-order valence-electron chi connectivity index (χ3n) is 3.20. The number of nitrogens with zero attached hydrogens (tertiary/aromatic N) is 1. The highest BCUT2D eigenvalue weighted by molar-refractivity contribution is 5.95. The van der Waals surface area contributed by atoms with E-state index < -0.39 is 0 Å². The molecule has 0 saturated carbocycles. The molecule has 0 spiro atoms. The van der Waals surface area contributed by atoms with Gasteiger partial charge < -0.3 is 14.2 Å². The fourth-order valence-electron chi connectivity index (χ4n) is 2.09. The predicted octanol–water partition coefficient (Wildman–Crippen LogP) is 2.58. The number of carbonyl (C=O) groups is 1. The average molecular weight is 312 g/mol. The van der Waals surface area contributed by atoms with Crippen LogP contribution >= 0.6 is 0 Å². The minimum absolute atomic E-state index is 0.227. The van der Waals surface area contributed by atoms with Crippen molar-refractivity contribution in [3.8, 4) is 17.2 Å². The third kappa shape index (κ3) is 3.60. The van der Waals surface area contributed by atoms with Gasteiger partial charge in [-0.2, -0.15) is 5.10 Å². The molecule has 0 atom stereocenters. The maximum absolute atomic E-state index is 12.0. The fraction of sp³-hybridized carbons (Fsp3) is 0.176. The Bertz CT molecular complexity index is 726. The van der Waals surface area contributed by atoms with E-state index in [0.717, 1.165) is 11.3 Å². The highest BCUT2D eigenvalue weighted by Gasteiger charge is 2.12. The van der Waals surface area contributed by atoms with Crippen molar-refractivity contribution in [2.75, 3.05) is 13.4 Å². The third-order valence-corrected chi connectivity index (χ3v) is 3.20. The number of rotatable bonds is 5. The van der Waals surface area contributed by atoms with Gasteiger partial charge in [0.1, 0.15) is 5.75 Å². The molecule has 0 bridgehead atoms. The second-order valence-electron chi connectivity index (χ2n) is 4.77. The van der Waals surface area contributed by atoms with Gasteiger partial charge in [0.25, 0.3) is 5.91 Å². The first-order valence-electron chi connectivity index (χ1n) is 7.22. The Balaban J connectivity index is 1.59. The number of ether oxygens (including phenoxy) is 3. The first-order chi connectivity index (χ1) is 11.3. The van der Waals surface area contributed by atoms with Crippen LogP contribution in [0, 0.1) is 0 Å². The van der Waals surface area contributed by atoms with Gasteiger partial charge >= 0.3 is 0 Å². The van der Waals surface area contributed by atoms with E-state index in [1.54, 1.807) is 42.6 Å². The van der Waals surface area contributed by atoms with Gasteiger partial charge in [-0.05, 0) is 55.0 Å². The van der Waals surface area contributed by atoms with E-state index in [0.29, 0.717) is 23.7 Å². The lowest BCUT2D eigenvalue weighted by Crippen LogP contribution is -2.17. The summed E-state index contributed by atoms with van der Waals surface area (Å²) in [5.41, 5.74) is 3.80. The number of nitrogens with one attached hydrogen (secondary N) is 1. The molecule has 0 aromatic heterocycles. The molecule has 6 heteroatoms. The normalized spacial score (nSPS) is 12.4. The summed E-state index contributed by atoms with van der Waals surface area (Å²) in [6, 6.07) is 12.3. The Kier molecular flexibility index (Phi) is 4.42. The van der Waals surface area contributed by atoms with Crippen molar-refractivity contribution in [1.82, 2.24) is 5.43 Å². The molecule has 0 fully saturated rings. The number of carbonyl (C=O) groups excluding carboxylic acids is 1. The van der Waals surface area contributed by atoms with Gasteiger partial charge in [0.2, 0.25) is 6.79 Å². The first-order valence-corrected chi connectivity index (χ1v) is 7.22. The summed E-state index contributed by atoms with van der Waals surface area (Å²) in [6.07, 6.45) is 1.55. The monoisotopic (exact) mass is 312 g/mol. The molecule has 1 N–H and O–H groups in total. The van der Waals surface area contributed by atoms with Crippen LogP contribution in [-0.4, -0.2) is 25.5 Å². The van der Waals surface area contributed by atoms with Crippen molar-refractivity contribution in [1.29, 1.82) is 0 Å². The van der Waals surface area contributed by atoms with E-state index in [4.69, 9.17) is 14.2 Å². The Morgan fingerprint density at radius 3 is 2.78 bits per heavy atom. The highest BCUT2D eigenvalue weighted by Crippen LogP contribution is 2.31. The average Bonchev–Trinajstić information content (AvgIpc) is 3.03. The van der Waals surface area contributed by atoms with Crippen molar-refractivity contribution in [3.63, 3.8) is 0 Å². The molecule has 1 aliphatic heterocycles. The minimum atomic E-state index is -0.287. The summed E-state index contributed by atoms with van der Waals surface area (Å²) in [7, 11) is 0. The number of hydrogen-bond acceptors (Lipinski definition) is 5. The Morgan fingerprint density at radius 1 is 1.22 bits per heavy atom. The van der Waals surface area contributed by atoms with Crippen LogP contribution < -0.4 is 19.6 Å². The van der Waals surface area contributed by atoms with Crippen LogP contribution in [-0.2, 0) is 0 Å². The van der Waals surface area contributed by atoms with Gasteiger partial charge in [-0.1, -0.05) is 0 Å². The molecule has 0 saturated heterocycles. The summed E-state index contributed by atoms with van der Waals surface area (Å²) in [5.74, 6) is 1.82. The number of benzene rings is 2. The van der Waals surface area contributed by atoms with Crippen LogP contribution in [0.3, 0.4) is 0 Å². The molecular weight excluding hydrogens is 296 g/mol. The Hall–Kier alpha value is -3.02. The van der Waals surface area contributed by atoms with Crippen molar-refractivity contribution in [2.45, 2.75) is 6.92 Å². The van der Waals surface area contributed by atoms with E-state index in [2.05, 4.69) is 10.5 Å². The maximum Gasteiger partial charge on any atom is 0.271 e. The largest absolute Gasteiger partial charge is 0.494 e. The van der Waals surface area contributed by atoms with Gasteiger partial charge in [-0.15, -0.1) is 0 Å². The zero-order valence-corrected chi connectivity index (χ0v) is 12.6. The van der Waals surface area contributed by atoms with Crippen molar-refractivity contribution in [3.05, 3.63) is 53.6 Å². The quantitative estimate of drug-likeness (QED) is 0.680. The minimum Gasteiger partial charge on any atom is -0.494 e. The van der Waals surface area contributed by atoms with Crippen LogP contribution in [0.4, 0.5) is 0 Å². The van der Waals surface area contributed by atoms with Crippen LogP contribution in [0.2, 0.25) is 0 Å². The van der Waals surface area contributed by atoms with E-state index in [9.17, 15) is 4.79 Å². The van der Waals surface area contributed by atoms with Gasteiger partial charge in [0.15, 0.2) is 11.5 Å². The van der Waals surface area contributed by atoms with Gasteiger partial charge in [-0.25, -0.2) is 5.43 Å². The molecule has 6 nitrogen and oxygen atoms in total. The fourth-order valence-corrected chi connectivity index (χ4v) is 2.09. The molecule has 23 heavy (non-hydrogen) atoms. The van der Waals surface area contributed by atoms with Crippen LogP contribution in [0.1, 0.15) is 22.8 Å². The van der Waals surface area contributed by atoms with Crippen LogP contribution in [0.5, 0.6) is 17.2 Å². The van der Waals surface area contributed by atoms with E-state index in [1.165, 1.54) is 0 Å². The predicted molar refractivity (Wildman–Crippen MR) is 85.2 cm³/mol. The topological polar surface area (TPSA) is 69.2 Å². The number of hydrogen-bond donors (Lipinski definition) is 1. The standard InChI is InChI=1S/C17H16N2O4/c1-2-21-14-6-4-13(5-7-14)17(20)19-18-10-12-3-8-15-16(9-12)23-11-22-15/h3-10H,2,11H2,1H3,(H,19,20)/b18-10-. The summed E-state index contributed by atoms with van der Waals surface area (Å²) < 4.78 is 15.9. The molecule has 0 aliphatic carbocycles. The SMILES string of the molecule is CCOc1ccc(C(=O)N/N=C\c2ccc3c(c2)OCO3)cc1. The van der Waals surface area contributed by atoms with Gasteiger partial charge in [0.05, 0.1) is 12.8 Å². The summed E-state index contributed by atoms with van der Waals surface area (Å²) in [5, 5.41) is 3.95. The van der Waals surface area contributed by atoms with Crippen LogP contribution in [0.15, 0.2) is 47.6 Å². The molecule has 1 aliphatic rings. The Labute approximate surface area is 133 Å². The zero-order valence-electron chi connectivity index (χ0n) is 12.6. The molecule has 0 radical (unpaired) electrons. The molecule has 3 rings (SSSR count). The molecule has 0 unspecified atom stereocenters. The van der Waals surface area contributed by atoms with E-state index in [1.807, 2.05) is 13.0 Å². The smallest absolute Gasteiger partial charge is 0.271 e. The van der Waals surface area contributed by atoms with Gasteiger partial charge in [-0.3, -0.25) is 4.79 Å². The second-order valence-corrected chi connectivity index (χ2v) is 4.77. The lowest BCUT2D eigenvalue weighted by atomic mass is 10.2. The van der Waals surface area contributed by atoms with E-state index >= 15 is 0 Å². The molecule has 1 heterocycles. The van der Waals surface area contributed by atoms with Crippen molar-refractivity contribution < 1.29 is 19.0 Å². The molecule has 1 amide bonds. The molecule has 118 valence electrons. The summed E-state index contributed by atoms with van der Waals surface area (Å²) in [6.45, 7) is 2.72. The second kappa shape index (κ2) is 6.83. The number of amides is 1. The van der Waals surface area contributed by atoms with E-state index in [-0.39, 0.29) is 12.7 Å². The zero-order chi connectivity index (χ0) is 16.1. The molecule has 2 aromatic rings. The maximum atomic E-state index is 12.0. The van der Waals surface area contributed by atoms with Crippen LogP contribution in [0.25, 0.3) is 0 Å².